The number of rotatable bonds is 2. The highest BCUT2D eigenvalue weighted by Gasteiger charge is 2.57. The van der Waals surface area contributed by atoms with Crippen LogP contribution < -0.4 is 5.73 Å². The molecule has 1 saturated carbocycles. The summed E-state index contributed by atoms with van der Waals surface area (Å²) in [5.74, 6) is 1.11. The SMILES string of the molecule is CC1(C)[C@@H](CN)[C@@H]1c1cc(Cl)ccc1Br. The van der Waals surface area contributed by atoms with E-state index in [0.29, 0.717) is 17.3 Å². The maximum Gasteiger partial charge on any atom is 0.0409 e. The molecule has 1 nitrogen and oxygen atoms in total. The van der Waals surface area contributed by atoms with Crippen LogP contribution in [0.25, 0.3) is 0 Å². The maximum atomic E-state index is 6.02. The van der Waals surface area contributed by atoms with E-state index < -0.39 is 0 Å². The van der Waals surface area contributed by atoms with Crippen molar-refractivity contribution in [3.63, 3.8) is 0 Å². The molecular formula is C12H15BrClN. The molecule has 2 N–H and O–H groups in total. The Morgan fingerprint density at radius 3 is 2.67 bits per heavy atom. The largest absolute Gasteiger partial charge is 0.330 e. The highest BCUT2D eigenvalue weighted by molar-refractivity contribution is 9.10. The van der Waals surface area contributed by atoms with Crippen molar-refractivity contribution in [2.24, 2.45) is 17.1 Å². The molecule has 1 aliphatic carbocycles. The molecule has 0 aromatic heterocycles. The molecule has 3 heteroatoms. The van der Waals surface area contributed by atoms with E-state index in [1.54, 1.807) is 0 Å². The van der Waals surface area contributed by atoms with Crippen LogP contribution in [0.2, 0.25) is 5.02 Å². The minimum atomic E-state index is 0.307. The first kappa shape index (κ1) is 11.4. The Hall–Kier alpha value is -0.0500. The second-order valence-corrected chi connectivity index (χ2v) is 6.10. The fourth-order valence-corrected chi connectivity index (χ4v) is 3.23. The Kier molecular flexibility index (Phi) is 2.87. The first-order valence-electron chi connectivity index (χ1n) is 5.13. The van der Waals surface area contributed by atoms with E-state index >= 15 is 0 Å². The van der Waals surface area contributed by atoms with Gasteiger partial charge in [0.25, 0.3) is 0 Å². The lowest BCUT2D eigenvalue weighted by molar-refractivity contribution is 0.558. The topological polar surface area (TPSA) is 26.0 Å². The summed E-state index contributed by atoms with van der Waals surface area (Å²) in [6.45, 7) is 5.28. The van der Waals surface area contributed by atoms with Crippen molar-refractivity contribution < 1.29 is 0 Å². The van der Waals surface area contributed by atoms with Crippen molar-refractivity contribution in [2.75, 3.05) is 6.54 Å². The normalized spacial score (nSPS) is 27.8. The minimum absolute atomic E-state index is 0.307. The van der Waals surface area contributed by atoms with E-state index in [9.17, 15) is 0 Å². The van der Waals surface area contributed by atoms with Gasteiger partial charge in [-0.1, -0.05) is 41.4 Å². The van der Waals surface area contributed by atoms with Crippen LogP contribution in [-0.4, -0.2) is 6.54 Å². The predicted octanol–water partition coefficient (Wildman–Crippen LogP) is 3.80. The van der Waals surface area contributed by atoms with E-state index in [4.69, 9.17) is 17.3 Å². The van der Waals surface area contributed by atoms with E-state index in [-0.39, 0.29) is 0 Å². The quantitative estimate of drug-likeness (QED) is 0.880. The maximum absolute atomic E-state index is 6.02. The van der Waals surface area contributed by atoms with Crippen molar-refractivity contribution in [1.29, 1.82) is 0 Å². The monoisotopic (exact) mass is 287 g/mol. The molecule has 1 aliphatic rings. The minimum Gasteiger partial charge on any atom is -0.330 e. The second kappa shape index (κ2) is 3.76. The van der Waals surface area contributed by atoms with Crippen LogP contribution in [0.4, 0.5) is 0 Å². The van der Waals surface area contributed by atoms with E-state index in [1.807, 2.05) is 18.2 Å². The van der Waals surface area contributed by atoms with Crippen molar-refractivity contribution in [3.05, 3.63) is 33.3 Å². The van der Waals surface area contributed by atoms with E-state index in [1.165, 1.54) is 5.56 Å². The van der Waals surface area contributed by atoms with Crippen LogP contribution in [0, 0.1) is 11.3 Å². The zero-order valence-electron chi connectivity index (χ0n) is 8.93. The van der Waals surface area contributed by atoms with Crippen LogP contribution in [-0.2, 0) is 0 Å². The van der Waals surface area contributed by atoms with E-state index in [2.05, 4.69) is 29.8 Å². The van der Waals surface area contributed by atoms with Gasteiger partial charge in [0.1, 0.15) is 0 Å². The molecule has 2 rings (SSSR count). The van der Waals surface area contributed by atoms with Gasteiger partial charge in [-0.05, 0) is 47.6 Å². The number of hydrogen-bond donors (Lipinski definition) is 1. The summed E-state index contributed by atoms with van der Waals surface area (Å²) in [6, 6.07) is 5.97. The third kappa shape index (κ3) is 1.83. The summed E-state index contributed by atoms with van der Waals surface area (Å²) in [6.07, 6.45) is 0. The molecule has 82 valence electrons. The number of hydrogen-bond acceptors (Lipinski definition) is 1. The van der Waals surface area contributed by atoms with Crippen LogP contribution in [0.1, 0.15) is 25.3 Å². The Bertz CT molecular complexity index is 389. The average molecular weight is 289 g/mol. The van der Waals surface area contributed by atoms with Gasteiger partial charge >= 0.3 is 0 Å². The summed E-state index contributed by atoms with van der Waals surface area (Å²) < 4.78 is 1.14. The first-order valence-corrected chi connectivity index (χ1v) is 6.30. The highest BCUT2D eigenvalue weighted by atomic mass is 79.9. The number of nitrogens with two attached hydrogens (primary N) is 1. The molecule has 0 unspecified atom stereocenters. The predicted molar refractivity (Wildman–Crippen MR) is 68.2 cm³/mol. The molecule has 0 spiro atoms. The smallest absolute Gasteiger partial charge is 0.0409 e. The third-order valence-corrected chi connectivity index (χ3v) is 4.55. The van der Waals surface area contributed by atoms with Crippen molar-refractivity contribution in [3.8, 4) is 0 Å². The molecule has 2 atom stereocenters. The third-order valence-electron chi connectivity index (χ3n) is 3.60. The van der Waals surface area contributed by atoms with Crippen LogP contribution in [0.15, 0.2) is 22.7 Å². The van der Waals surface area contributed by atoms with Gasteiger partial charge in [-0.15, -0.1) is 0 Å². The lowest BCUT2D eigenvalue weighted by Gasteiger charge is -2.06. The van der Waals surface area contributed by atoms with Gasteiger partial charge in [0.2, 0.25) is 0 Å². The van der Waals surface area contributed by atoms with Gasteiger partial charge in [0.05, 0.1) is 0 Å². The molecule has 1 aromatic rings. The Labute approximate surface area is 104 Å². The number of halogens is 2. The van der Waals surface area contributed by atoms with Crippen LogP contribution >= 0.6 is 27.5 Å². The summed E-state index contributed by atoms with van der Waals surface area (Å²) in [5.41, 5.74) is 7.38. The Morgan fingerprint density at radius 2 is 2.13 bits per heavy atom. The van der Waals surface area contributed by atoms with Crippen molar-refractivity contribution >= 4 is 27.5 Å². The van der Waals surface area contributed by atoms with E-state index in [0.717, 1.165) is 16.0 Å². The highest BCUT2D eigenvalue weighted by Crippen LogP contribution is 2.64. The summed E-state index contributed by atoms with van der Waals surface area (Å²) in [7, 11) is 0. The standard InChI is InChI=1S/C12H15BrClN/c1-12(2)9(6-15)11(12)8-5-7(14)3-4-10(8)13/h3-5,9,11H,6,15H2,1-2H3/t9-,11-/m0/s1. The summed E-state index contributed by atoms with van der Waals surface area (Å²) in [4.78, 5) is 0. The molecule has 0 aliphatic heterocycles. The number of benzene rings is 1. The fraction of sp³-hybridized carbons (Fsp3) is 0.500. The molecule has 0 amide bonds. The lowest BCUT2D eigenvalue weighted by atomic mass is 10.0. The molecule has 0 saturated heterocycles. The van der Waals surface area contributed by atoms with Crippen LogP contribution in [0.5, 0.6) is 0 Å². The molecule has 15 heavy (non-hydrogen) atoms. The average Bonchev–Trinajstić information content (AvgIpc) is 2.72. The summed E-state index contributed by atoms with van der Waals surface area (Å²) >= 11 is 9.60. The summed E-state index contributed by atoms with van der Waals surface area (Å²) in [5, 5.41) is 0.798. The van der Waals surface area contributed by atoms with Crippen molar-refractivity contribution in [1.82, 2.24) is 0 Å². The molecule has 0 heterocycles. The zero-order chi connectivity index (χ0) is 11.2. The van der Waals surface area contributed by atoms with Gasteiger partial charge in [0.15, 0.2) is 0 Å². The van der Waals surface area contributed by atoms with Crippen LogP contribution in [0.3, 0.4) is 0 Å². The van der Waals surface area contributed by atoms with Gasteiger partial charge in [-0.2, -0.15) is 0 Å². The fourth-order valence-electron chi connectivity index (χ4n) is 2.55. The molecule has 0 bridgehead atoms. The Morgan fingerprint density at radius 1 is 1.47 bits per heavy atom. The molecule has 0 radical (unpaired) electrons. The molecule has 1 aromatic carbocycles. The van der Waals surface area contributed by atoms with Crippen molar-refractivity contribution in [2.45, 2.75) is 19.8 Å². The van der Waals surface area contributed by atoms with Gasteiger partial charge < -0.3 is 5.73 Å². The molecular weight excluding hydrogens is 273 g/mol. The Balaban J connectivity index is 2.36. The molecule has 1 fully saturated rings. The van der Waals surface area contributed by atoms with Gasteiger partial charge in [-0.3, -0.25) is 0 Å². The zero-order valence-corrected chi connectivity index (χ0v) is 11.3. The van der Waals surface area contributed by atoms with Gasteiger partial charge in [-0.25, -0.2) is 0 Å². The second-order valence-electron chi connectivity index (χ2n) is 4.81. The lowest BCUT2D eigenvalue weighted by Crippen LogP contribution is -2.05. The first-order chi connectivity index (χ1) is 6.98. The van der Waals surface area contributed by atoms with Gasteiger partial charge in [0, 0.05) is 9.50 Å².